The van der Waals surface area contributed by atoms with Gasteiger partial charge >= 0.3 is 0 Å². The average molecular weight is 258 g/mol. The summed E-state index contributed by atoms with van der Waals surface area (Å²) in [5.41, 5.74) is 3.09. The molecule has 1 aliphatic carbocycles. The van der Waals surface area contributed by atoms with Gasteiger partial charge in [0.2, 0.25) is 0 Å². The van der Waals surface area contributed by atoms with E-state index in [9.17, 15) is 0 Å². The monoisotopic (exact) mass is 258 g/mol. The van der Waals surface area contributed by atoms with Crippen LogP contribution in [0.5, 0.6) is 0 Å². The van der Waals surface area contributed by atoms with E-state index in [4.69, 9.17) is 0 Å². The van der Waals surface area contributed by atoms with E-state index >= 15 is 0 Å². The van der Waals surface area contributed by atoms with Crippen molar-refractivity contribution < 1.29 is 0 Å². The molecule has 1 aromatic carbocycles. The predicted molar refractivity (Wildman–Crippen MR) is 80.4 cm³/mol. The average Bonchev–Trinajstić information content (AvgIpc) is 3.28. The number of benzene rings is 1. The molecule has 1 aliphatic heterocycles. The summed E-state index contributed by atoms with van der Waals surface area (Å²) in [4.78, 5) is 2.75. The maximum Gasteiger partial charge on any atom is 0.0208 e. The Morgan fingerprint density at radius 1 is 1.26 bits per heavy atom. The van der Waals surface area contributed by atoms with Crippen LogP contribution in [0.1, 0.15) is 49.7 Å². The van der Waals surface area contributed by atoms with Crippen molar-refractivity contribution in [2.45, 2.75) is 51.1 Å². The fraction of sp³-hybridized carbons (Fsp3) is 0.647. The zero-order valence-electron chi connectivity index (χ0n) is 12.1. The number of nitrogens with one attached hydrogen (secondary N) is 1. The molecule has 2 aliphatic rings. The molecule has 19 heavy (non-hydrogen) atoms. The minimum atomic E-state index is 0.683. The maximum absolute atomic E-state index is 3.59. The summed E-state index contributed by atoms with van der Waals surface area (Å²) in [6.45, 7) is 7.02. The molecule has 1 atom stereocenters. The minimum Gasteiger partial charge on any atom is -0.312 e. The number of unbranched alkanes of at least 4 members (excludes halogenated alkanes) is 1. The van der Waals surface area contributed by atoms with Crippen molar-refractivity contribution in [1.29, 1.82) is 0 Å². The number of fused-ring (bicyclic) bond motifs is 1. The molecule has 0 amide bonds. The van der Waals surface area contributed by atoms with Gasteiger partial charge in [-0.2, -0.15) is 0 Å². The van der Waals surface area contributed by atoms with E-state index < -0.39 is 0 Å². The Morgan fingerprint density at radius 2 is 2.11 bits per heavy atom. The fourth-order valence-electron chi connectivity index (χ4n) is 3.25. The van der Waals surface area contributed by atoms with E-state index in [0.29, 0.717) is 5.92 Å². The van der Waals surface area contributed by atoms with Gasteiger partial charge in [0.25, 0.3) is 0 Å². The lowest BCUT2D eigenvalue weighted by Gasteiger charge is -2.32. The molecule has 1 heterocycles. The molecule has 0 aromatic heterocycles. The number of hydrogen-bond donors (Lipinski definition) is 1. The van der Waals surface area contributed by atoms with Gasteiger partial charge in [0, 0.05) is 31.6 Å². The van der Waals surface area contributed by atoms with Crippen LogP contribution in [-0.4, -0.2) is 30.6 Å². The van der Waals surface area contributed by atoms with Gasteiger partial charge in [0.1, 0.15) is 0 Å². The van der Waals surface area contributed by atoms with Gasteiger partial charge in [-0.05, 0) is 36.9 Å². The van der Waals surface area contributed by atoms with Crippen LogP contribution >= 0.6 is 0 Å². The molecule has 0 spiro atoms. The lowest BCUT2D eigenvalue weighted by molar-refractivity contribution is 0.237. The topological polar surface area (TPSA) is 15.3 Å². The highest BCUT2D eigenvalue weighted by Gasteiger charge is 2.31. The van der Waals surface area contributed by atoms with E-state index in [-0.39, 0.29) is 0 Å². The summed E-state index contributed by atoms with van der Waals surface area (Å²) in [6.07, 6.45) is 5.50. The van der Waals surface area contributed by atoms with Crippen LogP contribution in [0.15, 0.2) is 24.3 Å². The van der Waals surface area contributed by atoms with Crippen molar-refractivity contribution in [2.75, 3.05) is 19.6 Å². The maximum atomic E-state index is 3.59. The number of hydrogen-bond acceptors (Lipinski definition) is 2. The number of rotatable bonds is 6. The Hall–Kier alpha value is -0.860. The van der Waals surface area contributed by atoms with Crippen LogP contribution in [0, 0.1) is 0 Å². The quantitative estimate of drug-likeness (QED) is 0.843. The molecule has 2 heteroatoms. The lowest BCUT2D eigenvalue weighted by atomic mass is 9.90. The van der Waals surface area contributed by atoms with Crippen molar-refractivity contribution in [3.63, 3.8) is 0 Å². The van der Waals surface area contributed by atoms with Gasteiger partial charge in [-0.15, -0.1) is 0 Å². The normalized spacial score (nSPS) is 22.5. The molecule has 3 rings (SSSR count). The second-order valence-corrected chi connectivity index (χ2v) is 6.11. The summed E-state index contributed by atoms with van der Waals surface area (Å²) in [5, 5.41) is 3.59. The van der Waals surface area contributed by atoms with Gasteiger partial charge in [-0.3, -0.25) is 4.90 Å². The third-order valence-electron chi connectivity index (χ3n) is 4.52. The molecule has 1 unspecified atom stereocenters. The van der Waals surface area contributed by atoms with E-state index in [1.807, 2.05) is 0 Å². The molecular weight excluding hydrogens is 232 g/mol. The highest BCUT2D eigenvalue weighted by Crippen LogP contribution is 2.31. The first kappa shape index (κ1) is 13.1. The highest BCUT2D eigenvalue weighted by atomic mass is 15.2. The largest absolute Gasteiger partial charge is 0.312 e. The van der Waals surface area contributed by atoms with Crippen molar-refractivity contribution in [3.05, 3.63) is 35.4 Å². The fourth-order valence-corrected chi connectivity index (χ4v) is 3.25. The summed E-state index contributed by atoms with van der Waals surface area (Å²) in [6, 6.07) is 9.87. The molecule has 1 fully saturated rings. The Balaban J connectivity index is 1.68. The Kier molecular flexibility index (Phi) is 4.19. The first-order chi connectivity index (χ1) is 9.38. The van der Waals surface area contributed by atoms with E-state index in [1.165, 1.54) is 44.3 Å². The second-order valence-electron chi connectivity index (χ2n) is 6.11. The molecular formula is C17H26N2. The Bertz CT molecular complexity index is 411. The number of nitrogens with zero attached hydrogens (tertiary/aromatic N) is 1. The van der Waals surface area contributed by atoms with E-state index in [2.05, 4.69) is 41.4 Å². The molecule has 104 valence electrons. The zero-order chi connectivity index (χ0) is 13.1. The SMILES string of the molecule is CCCCN(CC1CNCc2ccccc21)C1CC1. The van der Waals surface area contributed by atoms with Gasteiger partial charge in [-0.25, -0.2) is 0 Å². The van der Waals surface area contributed by atoms with E-state index in [0.717, 1.165) is 19.1 Å². The predicted octanol–water partition coefficient (Wildman–Crippen LogP) is 3.14. The first-order valence-corrected chi connectivity index (χ1v) is 7.91. The third kappa shape index (κ3) is 3.18. The van der Waals surface area contributed by atoms with Crippen LogP contribution in [0.4, 0.5) is 0 Å². The smallest absolute Gasteiger partial charge is 0.0208 e. The van der Waals surface area contributed by atoms with Gasteiger partial charge in [0.05, 0.1) is 0 Å². The molecule has 0 bridgehead atoms. The van der Waals surface area contributed by atoms with Crippen molar-refractivity contribution in [2.24, 2.45) is 0 Å². The second kappa shape index (κ2) is 6.06. The van der Waals surface area contributed by atoms with Gasteiger partial charge < -0.3 is 5.32 Å². The highest BCUT2D eigenvalue weighted by molar-refractivity contribution is 5.33. The summed E-state index contributed by atoms with van der Waals surface area (Å²) >= 11 is 0. The zero-order valence-corrected chi connectivity index (χ0v) is 12.1. The Labute approximate surface area is 117 Å². The van der Waals surface area contributed by atoms with Gasteiger partial charge in [0.15, 0.2) is 0 Å². The summed E-state index contributed by atoms with van der Waals surface area (Å²) < 4.78 is 0. The Morgan fingerprint density at radius 3 is 2.89 bits per heavy atom. The molecule has 1 saturated carbocycles. The molecule has 1 N–H and O–H groups in total. The van der Waals surface area contributed by atoms with Crippen LogP contribution in [0.3, 0.4) is 0 Å². The van der Waals surface area contributed by atoms with Crippen molar-refractivity contribution in [1.82, 2.24) is 10.2 Å². The standard InChI is InChI=1S/C17H26N2/c1-2-3-10-19(16-8-9-16)13-15-12-18-11-14-6-4-5-7-17(14)15/h4-7,15-16,18H,2-3,8-13H2,1H3. The van der Waals surface area contributed by atoms with Crippen molar-refractivity contribution in [3.8, 4) is 0 Å². The molecule has 0 radical (unpaired) electrons. The minimum absolute atomic E-state index is 0.683. The third-order valence-corrected chi connectivity index (χ3v) is 4.52. The van der Waals surface area contributed by atoms with Crippen LogP contribution < -0.4 is 5.32 Å². The summed E-state index contributed by atoms with van der Waals surface area (Å²) in [7, 11) is 0. The summed E-state index contributed by atoms with van der Waals surface area (Å²) in [5.74, 6) is 0.683. The lowest BCUT2D eigenvalue weighted by Crippen LogP contribution is -2.38. The first-order valence-electron chi connectivity index (χ1n) is 7.91. The molecule has 0 saturated heterocycles. The van der Waals surface area contributed by atoms with Crippen molar-refractivity contribution >= 4 is 0 Å². The van der Waals surface area contributed by atoms with Gasteiger partial charge in [-0.1, -0.05) is 37.6 Å². The van der Waals surface area contributed by atoms with Crippen LogP contribution in [-0.2, 0) is 6.54 Å². The van der Waals surface area contributed by atoms with Crippen LogP contribution in [0.25, 0.3) is 0 Å². The van der Waals surface area contributed by atoms with Crippen LogP contribution in [0.2, 0.25) is 0 Å². The molecule has 2 nitrogen and oxygen atoms in total. The van der Waals surface area contributed by atoms with E-state index in [1.54, 1.807) is 5.56 Å². The molecule has 1 aromatic rings.